The summed E-state index contributed by atoms with van der Waals surface area (Å²) in [6.45, 7) is 1.17. The first-order chi connectivity index (χ1) is 12.6. The van der Waals surface area contributed by atoms with Gasteiger partial charge in [0.05, 0.1) is 11.4 Å². The molecule has 7 nitrogen and oxygen atoms in total. The molecule has 0 aromatic heterocycles. The van der Waals surface area contributed by atoms with Crippen LogP contribution < -0.4 is 5.32 Å². The Morgan fingerprint density at radius 3 is 2.19 bits per heavy atom. The van der Waals surface area contributed by atoms with Gasteiger partial charge in [-0.2, -0.15) is 0 Å². The van der Waals surface area contributed by atoms with E-state index in [0.717, 1.165) is 11.2 Å². The number of sulfone groups is 1. The normalized spacial score (nSPS) is 19.9. The minimum Gasteiger partial charge on any atom is -0.319 e. The molecule has 1 heterocycles. The number of hydrogen-bond acceptors (Lipinski definition) is 5. The van der Waals surface area contributed by atoms with Crippen LogP contribution in [0.2, 0.25) is 0 Å². The van der Waals surface area contributed by atoms with E-state index in [9.17, 15) is 22.8 Å². The van der Waals surface area contributed by atoms with Crippen molar-refractivity contribution >= 4 is 27.6 Å². The van der Waals surface area contributed by atoms with E-state index >= 15 is 0 Å². The topological polar surface area (TPSA) is 101 Å². The molecule has 1 fully saturated rings. The number of nitrogens with one attached hydrogen (secondary N) is 1. The molecule has 27 heavy (non-hydrogen) atoms. The molecule has 0 aliphatic carbocycles. The Morgan fingerprint density at radius 1 is 1.04 bits per heavy atom. The lowest BCUT2D eigenvalue weighted by Crippen LogP contribution is -2.41. The summed E-state index contributed by atoms with van der Waals surface area (Å²) in [5, 5.41) is 2.64. The molecule has 1 saturated heterocycles. The fourth-order valence-electron chi connectivity index (χ4n) is 2.93. The molecule has 1 aliphatic rings. The van der Waals surface area contributed by atoms with Gasteiger partial charge >= 0.3 is 6.03 Å². The SMILES string of the molecule is C[C@]1(c2ccccc2)NC(=O)N(CC(=O)c2ccc(S(C)(=O)=O)cc2)C1=O. The van der Waals surface area contributed by atoms with Crippen molar-refractivity contribution in [1.82, 2.24) is 10.2 Å². The highest BCUT2D eigenvalue weighted by molar-refractivity contribution is 7.90. The van der Waals surface area contributed by atoms with Crippen molar-refractivity contribution in [3.05, 3.63) is 65.7 Å². The molecular weight excluding hydrogens is 368 g/mol. The fraction of sp³-hybridized carbons (Fsp3) is 0.211. The van der Waals surface area contributed by atoms with Gasteiger partial charge in [-0.25, -0.2) is 13.2 Å². The van der Waals surface area contributed by atoms with Gasteiger partial charge in [-0.05, 0) is 24.6 Å². The van der Waals surface area contributed by atoms with E-state index in [0.29, 0.717) is 5.56 Å². The first kappa shape index (κ1) is 18.8. The molecule has 0 unspecified atom stereocenters. The monoisotopic (exact) mass is 386 g/mol. The highest BCUT2D eigenvalue weighted by atomic mass is 32.2. The van der Waals surface area contributed by atoms with E-state index in [1.54, 1.807) is 37.3 Å². The maximum absolute atomic E-state index is 12.8. The molecule has 0 spiro atoms. The van der Waals surface area contributed by atoms with Gasteiger partial charge in [-0.1, -0.05) is 42.5 Å². The molecule has 1 atom stereocenters. The Balaban J connectivity index is 1.80. The quantitative estimate of drug-likeness (QED) is 0.623. The lowest BCUT2D eigenvalue weighted by molar-refractivity contribution is -0.130. The molecule has 0 saturated carbocycles. The van der Waals surface area contributed by atoms with Crippen LogP contribution in [0.1, 0.15) is 22.8 Å². The number of amides is 3. The number of rotatable bonds is 5. The van der Waals surface area contributed by atoms with Crippen molar-refractivity contribution in [2.75, 3.05) is 12.8 Å². The van der Waals surface area contributed by atoms with Crippen LogP contribution in [0.25, 0.3) is 0 Å². The summed E-state index contributed by atoms with van der Waals surface area (Å²) in [4.78, 5) is 38.5. The molecule has 1 N–H and O–H groups in total. The van der Waals surface area contributed by atoms with Gasteiger partial charge in [0.1, 0.15) is 5.54 Å². The second kappa shape index (κ2) is 6.62. The van der Waals surface area contributed by atoms with Crippen LogP contribution in [0.4, 0.5) is 4.79 Å². The van der Waals surface area contributed by atoms with Crippen molar-refractivity contribution in [3.8, 4) is 0 Å². The summed E-state index contributed by atoms with van der Waals surface area (Å²) in [7, 11) is -3.37. The van der Waals surface area contributed by atoms with Gasteiger partial charge in [0.2, 0.25) is 0 Å². The zero-order valence-corrected chi connectivity index (χ0v) is 15.6. The van der Waals surface area contributed by atoms with Crippen molar-refractivity contribution < 1.29 is 22.8 Å². The number of ketones is 1. The number of carbonyl (C=O) groups excluding carboxylic acids is 3. The first-order valence-electron chi connectivity index (χ1n) is 8.16. The summed E-state index contributed by atoms with van der Waals surface area (Å²) in [6, 6.07) is 13.5. The molecule has 0 radical (unpaired) electrons. The number of Topliss-reactive ketones (excluding diaryl/α,β-unsaturated/α-hetero) is 1. The summed E-state index contributed by atoms with van der Waals surface area (Å²) in [5.74, 6) is -0.976. The van der Waals surface area contributed by atoms with E-state index in [1.165, 1.54) is 24.3 Å². The van der Waals surface area contributed by atoms with Gasteiger partial charge in [0, 0.05) is 11.8 Å². The molecule has 3 rings (SSSR count). The smallest absolute Gasteiger partial charge is 0.319 e. The molecule has 3 amide bonds. The number of benzene rings is 2. The largest absolute Gasteiger partial charge is 0.325 e. The van der Waals surface area contributed by atoms with Crippen LogP contribution >= 0.6 is 0 Å². The maximum Gasteiger partial charge on any atom is 0.325 e. The molecule has 140 valence electrons. The van der Waals surface area contributed by atoms with Crippen LogP contribution in [-0.4, -0.2) is 43.8 Å². The zero-order chi connectivity index (χ0) is 19.8. The highest BCUT2D eigenvalue weighted by Crippen LogP contribution is 2.28. The third-order valence-electron chi connectivity index (χ3n) is 4.53. The predicted molar refractivity (Wildman–Crippen MR) is 97.9 cm³/mol. The maximum atomic E-state index is 12.8. The van der Waals surface area contributed by atoms with Crippen molar-refractivity contribution in [2.24, 2.45) is 0 Å². The average Bonchev–Trinajstić information content (AvgIpc) is 2.86. The third kappa shape index (κ3) is 3.48. The summed E-state index contributed by atoms with van der Waals surface area (Å²) < 4.78 is 23.0. The molecule has 8 heteroatoms. The van der Waals surface area contributed by atoms with Gasteiger partial charge < -0.3 is 5.32 Å². The van der Waals surface area contributed by atoms with Crippen LogP contribution in [-0.2, 0) is 20.2 Å². The average molecular weight is 386 g/mol. The first-order valence-corrected chi connectivity index (χ1v) is 10.0. The predicted octanol–water partition coefficient (Wildman–Crippen LogP) is 1.74. The Morgan fingerprint density at radius 2 is 1.63 bits per heavy atom. The van der Waals surface area contributed by atoms with Gasteiger partial charge in [0.15, 0.2) is 15.6 Å². The lowest BCUT2D eigenvalue weighted by atomic mass is 9.92. The number of nitrogens with zero attached hydrogens (tertiary/aromatic N) is 1. The van der Waals surface area contributed by atoms with E-state index in [4.69, 9.17) is 0 Å². The van der Waals surface area contributed by atoms with E-state index in [-0.39, 0.29) is 10.5 Å². The Bertz CT molecular complexity index is 1020. The lowest BCUT2D eigenvalue weighted by Gasteiger charge is -2.22. The number of imide groups is 1. The minimum atomic E-state index is -3.37. The molecule has 1 aliphatic heterocycles. The second-order valence-electron chi connectivity index (χ2n) is 6.53. The minimum absolute atomic E-state index is 0.0886. The Hall–Kier alpha value is -3.00. The molecule has 0 bridgehead atoms. The number of urea groups is 1. The summed E-state index contributed by atoms with van der Waals surface area (Å²) in [6.07, 6.45) is 1.07. The zero-order valence-electron chi connectivity index (χ0n) is 14.8. The fourth-order valence-corrected chi connectivity index (χ4v) is 3.56. The van der Waals surface area contributed by atoms with Crippen LogP contribution in [0, 0.1) is 0 Å². The molecule has 2 aromatic rings. The van der Waals surface area contributed by atoms with Crippen molar-refractivity contribution in [1.29, 1.82) is 0 Å². The second-order valence-corrected chi connectivity index (χ2v) is 8.55. The molecule has 2 aromatic carbocycles. The Labute approximate surface area is 156 Å². The molecular formula is C19H18N2O5S. The Kier molecular flexibility index (Phi) is 4.61. The van der Waals surface area contributed by atoms with Crippen molar-refractivity contribution in [3.63, 3.8) is 0 Å². The van der Waals surface area contributed by atoms with Gasteiger partial charge in [-0.3, -0.25) is 14.5 Å². The van der Waals surface area contributed by atoms with Crippen molar-refractivity contribution in [2.45, 2.75) is 17.4 Å². The number of carbonyl (C=O) groups is 3. The third-order valence-corrected chi connectivity index (χ3v) is 5.66. The summed E-state index contributed by atoms with van der Waals surface area (Å²) >= 11 is 0. The standard InChI is InChI=1S/C19H18N2O5S/c1-19(14-6-4-3-5-7-14)17(23)21(18(24)20-19)12-16(22)13-8-10-15(11-9-13)27(2,25)26/h3-11H,12H2,1-2H3,(H,20,24)/t19-/m1/s1. The van der Waals surface area contributed by atoms with Gasteiger partial charge in [0.25, 0.3) is 5.91 Å². The van der Waals surface area contributed by atoms with Crippen LogP contribution in [0.15, 0.2) is 59.5 Å². The van der Waals surface area contributed by atoms with Crippen LogP contribution in [0.3, 0.4) is 0 Å². The van der Waals surface area contributed by atoms with E-state index in [2.05, 4.69) is 5.32 Å². The van der Waals surface area contributed by atoms with Crippen LogP contribution in [0.5, 0.6) is 0 Å². The highest BCUT2D eigenvalue weighted by Gasteiger charge is 2.49. The number of hydrogen-bond donors (Lipinski definition) is 1. The van der Waals surface area contributed by atoms with Gasteiger partial charge in [-0.15, -0.1) is 0 Å². The summed E-state index contributed by atoms with van der Waals surface area (Å²) in [5.41, 5.74) is -0.397. The van der Waals surface area contributed by atoms with E-state index < -0.39 is 39.6 Å². The van der Waals surface area contributed by atoms with E-state index in [1.807, 2.05) is 0 Å².